The fourth-order valence-electron chi connectivity index (χ4n) is 1.37. The predicted octanol–water partition coefficient (Wildman–Crippen LogP) is 4.64. The molecule has 2 aromatic carbocycles. The number of anilines is 1. The van der Waals surface area contributed by atoms with Crippen molar-refractivity contribution in [3.8, 4) is 12.1 Å². The van der Waals surface area contributed by atoms with E-state index in [1.807, 2.05) is 24.3 Å². The summed E-state index contributed by atoms with van der Waals surface area (Å²) < 4.78 is 2.04. The van der Waals surface area contributed by atoms with Crippen LogP contribution < -0.4 is 5.73 Å². The van der Waals surface area contributed by atoms with Gasteiger partial charge in [0.15, 0.2) is 0 Å². The van der Waals surface area contributed by atoms with Gasteiger partial charge in [-0.15, -0.1) is 0 Å². The van der Waals surface area contributed by atoms with Crippen LogP contribution in [0.2, 0.25) is 0 Å². The maximum absolute atomic E-state index is 8.69. The van der Waals surface area contributed by atoms with Crippen LogP contribution in [-0.2, 0) is 0 Å². The second kappa shape index (κ2) is 9.49. The van der Waals surface area contributed by atoms with E-state index in [2.05, 4.69) is 67.6 Å². The predicted molar refractivity (Wildman–Crippen MR) is 107 cm³/mol. The van der Waals surface area contributed by atoms with Crippen molar-refractivity contribution in [2.45, 2.75) is 0 Å². The van der Waals surface area contributed by atoms with Crippen molar-refractivity contribution in [3.63, 3.8) is 0 Å². The Bertz CT molecular complexity index is 815. The normalized spacial score (nSPS) is 8.55. The van der Waals surface area contributed by atoms with E-state index in [1.165, 1.54) is 0 Å². The lowest BCUT2D eigenvalue weighted by Gasteiger charge is -1.95. The summed E-state index contributed by atoms with van der Waals surface area (Å²) in [4.78, 5) is 3.76. The molecule has 0 amide bonds. The van der Waals surface area contributed by atoms with Crippen LogP contribution >= 0.6 is 57.4 Å². The van der Waals surface area contributed by atoms with Gasteiger partial charge >= 0.3 is 0 Å². The molecule has 0 radical (unpaired) electrons. The van der Waals surface area contributed by atoms with Crippen LogP contribution in [0, 0.1) is 29.8 Å². The van der Waals surface area contributed by atoms with Gasteiger partial charge in [0.1, 0.15) is 12.1 Å². The highest BCUT2D eigenvalue weighted by molar-refractivity contribution is 14.1. The zero-order valence-corrected chi connectivity index (χ0v) is 16.2. The third kappa shape index (κ3) is 5.70. The van der Waals surface area contributed by atoms with Gasteiger partial charge < -0.3 is 5.73 Å². The van der Waals surface area contributed by atoms with Crippen LogP contribution in [0.5, 0.6) is 0 Å². The average molecular weight is 530 g/mol. The zero-order chi connectivity index (χ0) is 16.5. The first-order valence-corrected chi connectivity index (χ1v) is 8.31. The van der Waals surface area contributed by atoms with E-state index < -0.39 is 0 Å². The van der Waals surface area contributed by atoms with Crippen LogP contribution in [-0.4, -0.2) is 5.16 Å². The Morgan fingerprint density at radius 3 is 2.00 bits per heavy atom. The van der Waals surface area contributed by atoms with E-state index in [0.29, 0.717) is 22.5 Å². The summed E-state index contributed by atoms with van der Waals surface area (Å²) in [5.41, 5.74) is 7.67. The number of nitriles is 2. The number of rotatable bonds is 1. The summed E-state index contributed by atoms with van der Waals surface area (Å²) in [6.45, 7) is 0. The van der Waals surface area contributed by atoms with Crippen molar-refractivity contribution in [2.75, 3.05) is 5.73 Å². The molecule has 0 saturated carbocycles. The SMILES string of the molecule is N#Cc1cc(I)ccc1N.N#Cc1cc(I)ccc1N=C=S. The summed E-state index contributed by atoms with van der Waals surface area (Å²) in [6.07, 6.45) is 0. The Hall–Kier alpha value is -1.52. The first-order valence-electron chi connectivity index (χ1n) is 5.74. The van der Waals surface area contributed by atoms with Crippen LogP contribution in [0.1, 0.15) is 11.1 Å². The fourth-order valence-corrected chi connectivity index (χ4v) is 2.45. The summed E-state index contributed by atoms with van der Waals surface area (Å²) >= 11 is 8.72. The van der Waals surface area contributed by atoms with E-state index in [9.17, 15) is 0 Å². The van der Waals surface area contributed by atoms with Crippen LogP contribution in [0.4, 0.5) is 11.4 Å². The highest BCUT2D eigenvalue weighted by Crippen LogP contribution is 2.20. The van der Waals surface area contributed by atoms with Crippen LogP contribution in [0.3, 0.4) is 0 Å². The Morgan fingerprint density at radius 2 is 1.50 bits per heavy atom. The number of halogens is 2. The highest BCUT2D eigenvalue weighted by atomic mass is 127. The lowest BCUT2D eigenvalue weighted by atomic mass is 10.2. The Morgan fingerprint density at radius 1 is 0.955 bits per heavy atom. The minimum Gasteiger partial charge on any atom is -0.398 e. The molecule has 0 unspecified atom stereocenters. The fraction of sp³-hybridized carbons (Fsp3) is 0. The summed E-state index contributed by atoms with van der Waals surface area (Å²) in [7, 11) is 0. The van der Waals surface area contributed by atoms with Crippen molar-refractivity contribution in [3.05, 3.63) is 54.7 Å². The van der Waals surface area contributed by atoms with Gasteiger partial charge in [-0.1, -0.05) is 0 Å². The number of nitrogen functional groups attached to an aromatic ring is 1. The van der Waals surface area contributed by atoms with Gasteiger partial charge in [0, 0.05) is 12.8 Å². The lowest BCUT2D eigenvalue weighted by Crippen LogP contribution is -1.89. The summed E-state index contributed by atoms with van der Waals surface area (Å²) in [5.74, 6) is 0. The Labute approximate surface area is 160 Å². The van der Waals surface area contributed by atoms with E-state index in [4.69, 9.17) is 16.3 Å². The molecular weight excluding hydrogens is 522 g/mol. The van der Waals surface area contributed by atoms with E-state index >= 15 is 0 Å². The number of benzene rings is 2. The molecule has 2 aromatic rings. The monoisotopic (exact) mass is 530 g/mol. The quantitative estimate of drug-likeness (QED) is 0.252. The van der Waals surface area contributed by atoms with Gasteiger partial charge in [0.05, 0.1) is 22.0 Å². The molecule has 22 heavy (non-hydrogen) atoms. The molecule has 0 spiro atoms. The van der Waals surface area contributed by atoms with Gasteiger partial charge in [-0.25, -0.2) is 0 Å². The van der Waals surface area contributed by atoms with Gasteiger partial charge in [0.25, 0.3) is 0 Å². The van der Waals surface area contributed by atoms with Gasteiger partial charge in [-0.05, 0) is 93.8 Å². The molecule has 0 heterocycles. The number of nitrogens with zero attached hydrogens (tertiary/aromatic N) is 3. The molecule has 0 bridgehead atoms. The third-order valence-corrected chi connectivity index (χ3v) is 3.81. The van der Waals surface area contributed by atoms with Gasteiger partial charge in [-0.3, -0.25) is 0 Å². The van der Waals surface area contributed by atoms with Gasteiger partial charge in [0.2, 0.25) is 0 Å². The molecule has 0 fully saturated rings. The first-order chi connectivity index (χ1) is 10.5. The van der Waals surface area contributed by atoms with Crippen molar-refractivity contribution in [1.82, 2.24) is 0 Å². The molecule has 2 N–H and O–H groups in total. The zero-order valence-electron chi connectivity index (χ0n) is 11.0. The molecule has 0 aliphatic rings. The number of isothiocyanates is 1. The molecule has 7 heteroatoms. The number of hydrogen-bond donors (Lipinski definition) is 1. The smallest absolute Gasteiger partial charge is 0.101 e. The topological polar surface area (TPSA) is 86.0 Å². The van der Waals surface area contributed by atoms with E-state index in [1.54, 1.807) is 24.3 Å². The lowest BCUT2D eigenvalue weighted by molar-refractivity contribution is 1.44. The molecule has 2 rings (SSSR count). The molecule has 0 aliphatic carbocycles. The van der Waals surface area contributed by atoms with E-state index in [-0.39, 0.29) is 0 Å². The first kappa shape index (κ1) is 18.5. The number of aliphatic imine (C=N–C) groups is 1. The maximum Gasteiger partial charge on any atom is 0.101 e. The molecule has 0 atom stereocenters. The summed E-state index contributed by atoms with van der Waals surface area (Å²) in [5, 5.41) is 19.4. The minimum absolute atomic E-state index is 0.527. The number of thiocarbonyl (C=S) groups is 1. The molecule has 0 saturated heterocycles. The largest absolute Gasteiger partial charge is 0.398 e. The number of hydrogen-bond acceptors (Lipinski definition) is 5. The second-order valence-electron chi connectivity index (χ2n) is 3.82. The molecule has 0 aliphatic heterocycles. The standard InChI is InChI=1S/C8H3IN2S.C7H5IN2/c9-7-1-2-8(11-5-12)6(3-7)4-10;8-6-1-2-7(10)5(3-6)4-9/h1-3H;1-3H,10H2. The minimum atomic E-state index is 0.527. The second-order valence-corrected chi connectivity index (χ2v) is 6.49. The highest BCUT2D eigenvalue weighted by Gasteiger charge is 1.99. The van der Waals surface area contributed by atoms with Crippen molar-refractivity contribution in [1.29, 1.82) is 10.5 Å². The van der Waals surface area contributed by atoms with Crippen molar-refractivity contribution in [2.24, 2.45) is 4.99 Å². The maximum atomic E-state index is 8.69. The van der Waals surface area contributed by atoms with Crippen LogP contribution in [0.15, 0.2) is 41.4 Å². The molecule has 0 aromatic heterocycles. The number of nitrogens with two attached hydrogens (primary N) is 1. The molecular formula is C15H8I2N4S. The molecule has 4 nitrogen and oxygen atoms in total. The Kier molecular flexibility index (Phi) is 7.99. The third-order valence-electron chi connectivity index (χ3n) is 2.38. The van der Waals surface area contributed by atoms with Gasteiger partial charge in [-0.2, -0.15) is 15.5 Å². The summed E-state index contributed by atoms with van der Waals surface area (Å²) in [6, 6.07) is 14.8. The van der Waals surface area contributed by atoms with Crippen LogP contribution in [0.25, 0.3) is 0 Å². The Balaban J connectivity index is 0.000000224. The average Bonchev–Trinajstić information content (AvgIpc) is 2.52. The van der Waals surface area contributed by atoms with Crippen molar-refractivity contribution < 1.29 is 0 Å². The van der Waals surface area contributed by atoms with Crippen molar-refractivity contribution >= 4 is 73.9 Å². The van der Waals surface area contributed by atoms with E-state index in [0.717, 1.165) is 7.14 Å². The molecule has 108 valence electrons.